The van der Waals surface area contributed by atoms with Crippen molar-refractivity contribution < 1.29 is 8.42 Å². The zero-order valence-electron chi connectivity index (χ0n) is 8.02. The summed E-state index contributed by atoms with van der Waals surface area (Å²) in [6.07, 6.45) is 2.96. The summed E-state index contributed by atoms with van der Waals surface area (Å²) >= 11 is 0. The van der Waals surface area contributed by atoms with Crippen molar-refractivity contribution in [2.24, 2.45) is 0 Å². The molecule has 1 heterocycles. The maximum absolute atomic E-state index is 11.9. The zero-order valence-corrected chi connectivity index (χ0v) is 8.84. The second kappa shape index (κ2) is 2.81. The van der Waals surface area contributed by atoms with Gasteiger partial charge >= 0.3 is 0 Å². The molecule has 1 aliphatic carbocycles. The summed E-state index contributed by atoms with van der Waals surface area (Å²) in [6.45, 7) is 9.23. The van der Waals surface area contributed by atoms with Gasteiger partial charge in [0.25, 0.3) is 0 Å². The second-order valence-corrected chi connectivity index (χ2v) is 6.59. The van der Waals surface area contributed by atoms with Crippen molar-refractivity contribution >= 4 is 10.0 Å². The van der Waals surface area contributed by atoms with Gasteiger partial charge in [-0.3, -0.25) is 0 Å². The van der Waals surface area contributed by atoms with E-state index in [0.717, 1.165) is 18.4 Å². The molecule has 1 saturated carbocycles. The minimum absolute atomic E-state index is 0.417. The zero-order chi connectivity index (χ0) is 10.4. The molecule has 2 aliphatic rings. The van der Waals surface area contributed by atoms with Gasteiger partial charge in [0, 0.05) is 13.1 Å². The molecule has 1 saturated heterocycles. The van der Waals surface area contributed by atoms with Gasteiger partial charge in [-0.15, -0.1) is 0 Å². The molecule has 1 aliphatic heterocycles. The van der Waals surface area contributed by atoms with Gasteiger partial charge in [0.2, 0.25) is 10.0 Å². The van der Waals surface area contributed by atoms with Crippen LogP contribution in [0.25, 0.3) is 4.85 Å². The fourth-order valence-corrected chi connectivity index (χ4v) is 3.41. The SMILES string of the molecule is [C-]#[N+]C=C1CN(S(=O)(=O)C2(C)CC2)C1. The molecular weight excluding hydrogens is 200 g/mol. The number of sulfonamides is 1. The third-order valence-electron chi connectivity index (χ3n) is 2.92. The first-order valence-corrected chi connectivity index (χ1v) is 5.98. The van der Waals surface area contributed by atoms with Crippen LogP contribution in [0, 0.1) is 6.57 Å². The third kappa shape index (κ3) is 1.26. The Hall–Kier alpha value is -0.860. The fraction of sp³-hybridized carbons (Fsp3) is 0.667. The van der Waals surface area contributed by atoms with E-state index >= 15 is 0 Å². The molecule has 0 radical (unpaired) electrons. The molecule has 0 aromatic rings. The molecule has 0 atom stereocenters. The van der Waals surface area contributed by atoms with E-state index in [1.807, 2.05) is 0 Å². The standard InChI is InChI=1S/C9H12N2O2S/c1-9(3-4-9)14(12,13)11-6-8(7-11)5-10-2/h5H,3-4,6-7H2,1H3. The average Bonchev–Trinajstić information content (AvgIpc) is 2.76. The lowest BCUT2D eigenvalue weighted by atomic mass is 10.2. The Balaban J connectivity index is 2.08. The molecule has 2 rings (SSSR count). The van der Waals surface area contributed by atoms with Crippen molar-refractivity contribution in [2.45, 2.75) is 24.5 Å². The maximum atomic E-state index is 11.9. The van der Waals surface area contributed by atoms with Crippen molar-refractivity contribution in [1.82, 2.24) is 4.31 Å². The van der Waals surface area contributed by atoms with Crippen LogP contribution in [-0.4, -0.2) is 30.6 Å². The molecule has 0 spiro atoms. The largest absolute Gasteiger partial charge is 0.246 e. The van der Waals surface area contributed by atoms with Crippen LogP contribution in [0.15, 0.2) is 11.8 Å². The van der Waals surface area contributed by atoms with Crippen LogP contribution in [0.2, 0.25) is 0 Å². The Kier molecular flexibility index (Phi) is 1.95. The first kappa shape index (κ1) is 9.69. The topological polar surface area (TPSA) is 41.7 Å². The van der Waals surface area contributed by atoms with Crippen molar-refractivity contribution in [3.63, 3.8) is 0 Å². The number of nitrogens with zero attached hydrogens (tertiary/aromatic N) is 2. The van der Waals surface area contributed by atoms with Crippen LogP contribution >= 0.6 is 0 Å². The van der Waals surface area contributed by atoms with Gasteiger partial charge in [0.1, 0.15) is 0 Å². The summed E-state index contributed by atoms with van der Waals surface area (Å²) in [5.74, 6) is 0. The monoisotopic (exact) mass is 212 g/mol. The normalized spacial score (nSPS) is 25.0. The highest BCUT2D eigenvalue weighted by Gasteiger charge is 2.54. The summed E-state index contributed by atoms with van der Waals surface area (Å²) in [6, 6.07) is 0. The summed E-state index contributed by atoms with van der Waals surface area (Å²) < 4.78 is 24.7. The Bertz CT molecular complexity index is 418. The Morgan fingerprint density at radius 3 is 2.50 bits per heavy atom. The lowest BCUT2D eigenvalue weighted by Crippen LogP contribution is -2.48. The number of hydrogen-bond acceptors (Lipinski definition) is 2. The van der Waals surface area contributed by atoms with Gasteiger partial charge in [0.15, 0.2) is 6.20 Å². The van der Waals surface area contributed by atoms with Crippen molar-refractivity contribution in [3.05, 3.63) is 23.2 Å². The van der Waals surface area contributed by atoms with Gasteiger partial charge in [-0.1, -0.05) is 0 Å². The smallest absolute Gasteiger partial charge is 0.220 e. The highest BCUT2D eigenvalue weighted by molar-refractivity contribution is 7.90. The summed E-state index contributed by atoms with van der Waals surface area (Å²) in [5.41, 5.74) is 0.910. The van der Waals surface area contributed by atoms with Gasteiger partial charge in [-0.05, 0) is 25.3 Å². The summed E-state index contributed by atoms with van der Waals surface area (Å²) in [4.78, 5) is 3.12. The van der Waals surface area contributed by atoms with E-state index in [0.29, 0.717) is 13.1 Å². The van der Waals surface area contributed by atoms with Crippen LogP contribution in [0.1, 0.15) is 19.8 Å². The molecule has 0 unspecified atom stereocenters. The minimum atomic E-state index is -3.09. The van der Waals surface area contributed by atoms with E-state index in [9.17, 15) is 8.42 Å². The quantitative estimate of drug-likeness (QED) is 0.640. The summed E-state index contributed by atoms with van der Waals surface area (Å²) in [7, 11) is -3.09. The molecule has 0 bridgehead atoms. The molecule has 76 valence electrons. The van der Waals surface area contributed by atoms with Gasteiger partial charge in [-0.2, -0.15) is 4.31 Å². The summed E-state index contributed by atoms with van der Waals surface area (Å²) in [5, 5.41) is 0. The average molecular weight is 212 g/mol. The first-order chi connectivity index (χ1) is 6.49. The fourth-order valence-electron chi connectivity index (χ4n) is 1.50. The van der Waals surface area contributed by atoms with Crippen LogP contribution < -0.4 is 0 Å². The molecule has 14 heavy (non-hydrogen) atoms. The molecule has 0 aromatic heterocycles. The second-order valence-electron chi connectivity index (χ2n) is 4.14. The molecule has 0 N–H and O–H groups in total. The number of rotatable bonds is 2. The highest BCUT2D eigenvalue weighted by atomic mass is 32.2. The van der Waals surface area contributed by atoms with Gasteiger partial charge in [0.05, 0.1) is 11.3 Å². The minimum Gasteiger partial charge on any atom is -0.246 e. The van der Waals surface area contributed by atoms with Crippen LogP contribution in [0.3, 0.4) is 0 Å². The van der Waals surface area contributed by atoms with E-state index in [1.165, 1.54) is 10.5 Å². The predicted octanol–water partition coefficient (Wildman–Crippen LogP) is 0.987. The van der Waals surface area contributed by atoms with Crippen LogP contribution in [0.4, 0.5) is 0 Å². The van der Waals surface area contributed by atoms with Crippen molar-refractivity contribution in [2.75, 3.05) is 13.1 Å². The molecule has 4 nitrogen and oxygen atoms in total. The van der Waals surface area contributed by atoms with Gasteiger partial charge < -0.3 is 0 Å². The van der Waals surface area contributed by atoms with Crippen molar-refractivity contribution in [3.8, 4) is 0 Å². The van der Waals surface area contributed by atoms with Crippen LogP contribution in [0.5, 0.6) is 0 Å². The van der Waals surface area contributed by atoms with E-state index in [4.69, 9.17) is 6.57 Å². The predicted molar refractivity (Wildman–Crippen MR) is 52.8 cm³/mol. The van der Waals surface area contributed by atoms with E-state index < -0.39 is 14.8 Å². The first-order valence-electron chi connectivity index (χ1n) is 4.54. The molecular formula is C9H12N2O2S. The molecule has 2 fully saturated rings. The Morgan fingerprint density at radius 1 is 1.50 bits per heavy atom. The van der Waals surface area contributed by atoms with E-state index in [-0.39, 0.29) is 0 Å². The van der Waals surface area contributed by atoms with Crippen molar-refractivity contribution in [1.29, 1.82) is 0 Å². The lowest BCUT2D eigenvalue weighted by Gasteiger charge is -2.35. The van der Waals surface area contributed by atoms with Crippen LogP contribution in [-0.2, 0) is 10.0 Å². The molecule has 0 amide bonds. The highest BCUT2D eigenvalue weighted by Crippen LogP contribution is 2.45. The van der Waals surface area contributed by atoms with Gasteiger partial charge in [-0.25, -0.2) is 13.3 Å². The third-order valence-corrected chi connectivity index (χ3v) is 5.51. The van der Waals surface area contributed by atoms with E-state index in [1.54, 1.807) is 6.92 Å². The molecule has 5 heteroatoms. The Morgan fingerprint density at radius 2 is 2.07 bits per heavy atom. The lowest BCUT2D eigenvalue weighted by molar-refractivity contribution is 0.384. The molecule has 0 aromatic carbocycles. The Labute approximate surface area is 84.1 Å². The van der Waals surface area contributed by atoms with E-state index in [2.05, 4.69) is 4.85 Å². The number of hydrogen-bond donors (Lipinski definition) is 0. The maximum Gasteiger partial charge on any atom is 0.220 e.